The summed E-state index contributed by atoms with van der Waals surface area (Å²) in [6.07, 6.45) is 19.2. The van der Waals surface area contributed by atoms with Gasteiger partial charge in [-0.1, -0.05) is 77.1 Å². The zero-order valence-corrected chi connectivity index (χ0v) is 22.0. The van der Waals surface area contributed by atoms with Gasteiger partial charge in [0.1, 0.15) is 0 Å². The van der Waals surface area contributed by atoms with Gasteiger partial charge < -0.3 is 0 Å². The molecule has 3 saturated carbocycles. The molecule has 0 saturated heterocycles. The zero-order valence-electron chi connectivity index (χ0n) is 22.0. The van der Waals surface area contributed by atoms with Crippen LogP contribution in [0.2, 0.25) is 0 Å². The van der Waals surface area contributed by atoms with Crippen molar-refractivity contribution in [1.29, 1.82) is 0 Å². The van der Waals surface area contributed by atoms with E-state index in [-0.39, 0.29) is 0 Å². The molecule has 3 fully saturated rings. The number of pyridine rings is 1. The number of benzene rings is 1. The topological polar surface area (TPSA) is 12.9 Å². The predicted molar refractivity (Wildman–Crippen MR) is 143 cm³/mol. The molecule has 4 aliphatic rings. The first-order valence-corrected chi connectivity index (χ1v) is 14.7. The van der Waals surface area contributed by atoms with Crippen LogP contribution in [0.25, 0.3) is 0 Å². The van der Waals surface area contributed by atoms with E-state index < -0.39 is 0 Å². The zero-order chi connectivity index (χ0) is 23.3. The second kappa shape index (κ2) is 9.11. The van der Waals surface area contributed by atoms with Crippen LogP contribution in [-0.2, 0) is 12.8 Å². The highest BCUT2D eigenvalue weighted by atomic mass is 14.8. The Bertz CT molecular complexity index is 1010. The molecule has 1 atom stereocenters. The fraction of sp³-hybridized carbons (Fsp3) is 0.667. The van der Waals surface area contributed by atoms with Crippen LogP contribution in [0.15, 0.2) is 24.3 Å². The fourth-order valence-corrected chi connectivity index (χ4v) is 8.28. The van der Waals surface area contributed by atoms with E-state index in [2.05, 4.69) is 45.0 Å². The third kappa shape index (κ3) is 4.06. The molecule has 1 aromatic carbocycles. The van der Waals surface area contributed by atoms with Crippen molar-refractivity contribution >= 4 is 0 Å². The van der Waals surface area contributed by atoms with Crippen LogP contribution in [0, 0.1) is 5.41 Å². The van der Waals surface area contributed by atoms with Crippen molar-refractivity contribution in [1.82, 2.24) is 4.98 Å². The SMILES string of the molecule is CC(C)c1ccc(Cc2c(C3CCCC3)nc3c(c2C2CCCC2)C(C)CC2(CCC2)C3)cc1. The Kier molecular flexibility index (Phi) is 6.11. The highest BCUT2D eigenvalue weighted by molar-refractivity contribution is 5.50. The second-order valence-corrected chi connectivity index (χ2v) is 12.9. The Morgan fingerprint density at radius 1 is 0.853 bits per heavy atom. The Hall–Kier alpha value is -1.63. The van der Waals surface area contributed by atoms with Crippen molar-refractivity contribution in [2.45, 2.75) is 134 Å². The predicted octanol–water partition coefficient (Wildman–Crippen LogP) is 9.33. The van der Waals surface area contributed by atoms with E-state index >= 15 is 0 Å². The molecule has 6 rings (SSSR count). The van der Waals surface area contributed by atoms with Crippen LogP contribution in [0.5, 0.6) is 0 Å². The molecule has 1 unspecified atom stereocenters. The minimum absolute atomic E-state index is 0.591. The summed E-state index contributed by atoms with van der Waals surface area (Å²) in [4.78, 5) is 5.70. The molecule has 1 spiro atoms. The summed E-state index contributed by atoms with van der Waals surface area (Å²) < 4.78 is 0. The molecule has 4 aliphatic carbocycles. The summed E-state index contributed by atoms with van der Waals surface area (Å²) in [7, 11) is 0. The van der Waals surface area contributed by atoms with Gasteiger partial charge in [-0.3, -0.25) is 4.98 Å². The van der Waals surface area contributed by atoms with Crippen molar-refractivity contribution in [3.05, 3.63) is 63.5 Å². The number of hydrogen-bond donors (Lipinski definition) is 0. The molecule has 0 N–H and O–H groups in total. The highest BCUT2D eigenvalue weighted by Gasteiger charge is 2.45. The maximum absolute atomic E-state index is 5.70. The molecule has 1 heterocycles. The van der Waals surface area contributed by atoms with E-state index in [1.807, 2.05) is 0 Å². The van der Waals surface area contributed by atoms with Crippen LogP contribution in [0.4, 0.5) is 0 Å². The summed E-state index contributed by atoms with van der Waals surface area (Å²) in [6, 6.07) is 9.58. The maximum atomic E-state index is 5.70. The molecule has 0 radical (unpaired) electrons. The van der Waals surface area contributed by atoms with Gasteiger partial charge in [0.2, 0.25) is 0 Å². The second-order valence-electron chi connectivity index (χ2n) is 12.9. The molecule has 1 heteroatoms. The van der Waals surface area contributed by atoms with Gasteiger partial charge >= 0.3 is 0 Å². The van der Waals surface area contributed by atoms with Gasteiger partial charge in [0.15, 0.2) is 0 Å². The van der Waals surface area contributed by atoms with Crippen molar-refractivity contribution in [2.24, 2.45) is 5.41 Å². The van der Waals surface area contributed by atoms with Crippen molar-refractivity contribution in [3.8, 4) is 0 Å². The number of rotatable bonds is 5. The molecule has 0 bridgehead atoms. The molecule has 2 aromatic rings. The lowest BCUT2D eigenvalue weighted by atomic mass is 9.57. The molecule has 182 valence electrons. The lowest BCUT2D eigenvalue weighted by Crippen LogP contribution is -2.38. The van der Waals surface area contributed by atoms with Crippen molar-refractivity contribution < 1.29 is 0 Å². The molecule has 0 aliphatic heterocycles. The Morgan fingerprint density at radius 3 is 2.09 bits per heavy atom. The van der Waals surface area contributed by atoms with Crippen LogP contribution >= 0.6 is 0 Å². The van der Waals surface area contributed by atoms with Gasteiger partial charge in [-0.25, -0.2) is 0 Å². The minimum Gasteiger partial charge on any atom is -0.257 e. The molecule has 1 aromatic heterocycles. The fourth-order valence-electron chi connectivity index (χ4n) is 8.28. The van der Waals surface area contributed by atoms with Crippen molar-refractivity contribution in [3.63, 3.8) is 0 Å². The van der Waals surface area contributed by atoms with Crippen LogP contribution in [0.3, 0.4) is 0 Å². The van der Waals surface area contributed by atoms with Gasteiger partial charge in [0.05, 0.1) is 0 Å². The van der Waals surface area contributed by atoms with Crippen LogP contribution in [0.1, 0.15) is 161 Å². The first-order valence-electron chi connectivity index (χ1n) is 14.7. The monoisotopic (exact) mass is 455 g/mol. The van der Waals surface area contributed by atoms with E-state index in [0.717, 1.165) is 12.3 Å². The van der Waals surface area contributed by atoms with Crippen LogP contribution in [-0.4, -0.2) is 4.98 Å². The maximum Gasteiger partial charge on any atom is 0.0476 e. The Labute approximate surface area is 208 Å². The number of aromatic nitrogens is 1. The van der Waals surface area contributed by atoms with E-state index in [1.165, 1.54) is 100 Å². The van der Waals surface area contributed by atoms with E-state index in [1.54, 1.807) is 22.4 Å². The Balaban J connectivity index is 1.49. The summed E-state index contributed by atoms with van der Waals surface area (Å²) >= 11 is 0. The number of fused-ring (bicyclic) bond motifs is 1. The lowest BCUT2D eigenvalue weighted by molar-refractivity contribution is 0.0975. The summed E-state index contributed by atoms with van der Waals surface area (Å²) in [5, 5.41) is 0. The van der Waals surface area contributed by atoms with Gasteiger partial charge in [0.25, 0.3) is 0 Å². The lowest BCUT2D eigenvalue weighted by Gasteiger charge is -2.48. The number of nitrogens with zero attached hydrogens (tertiary/aromatic N) is 1. The average Bonchev–Trinajstić information content (AvgIpc) is 3.52. The average molecular weight is 456 g/mol. The normalized spacial score (nSPS) is 24.6. The summed E-state index contributed by atoms with van der Waals surface area (Å²) in [5.41, 5.74) is 11.8. The third-order valence-corrected chi connectivity index (χ3v) is 10.2. The smallest absolute Gasteiger partial charge is 0.0476 e. The third-order valence-electron chi connectivity index (χ3n) is 10.2. The van der Waals surface area contributed by atoms with E-state index in [9.17, 15) is 0 Å². The highest BCUT2D eigenvalue weighted by Crippen LogP contribution is 2.56. The molecule has 0 amide bonds. The van der Waals surface area contributed by atoms with Gasteiger partial charge in [-0.05, 0) is 109 Å². The standard InChI is InChI=1S/C33H45N/c1-22(2)25-15-13-24(14-16-25)19-28-31(26-9-4-5-10-26)30-23(3)20-33(17-8-18-33)21-29(30)34-32(28)27-11-6-7-12-27/h13-16,22-23,26-27H,4-12,17-21H2,1-3H3. The first-order chi connectivity index (χ1) is 16.5. The van der Waals surface area contributed by atoms with E-state index in [4.69, 9.17) is 4.98 Å². The number of hydrogen-bond acceptors (Lipinski definition) is 1. The van der Waals surface area contributed by atoms with Crippen LogP contribution < -0.4 is 0 Å². The summed E-state index contributed by atoms with van der Waals surface area (Å²) in [5.74, 6) is 2.76. The molecular formula is C33H45N. The van der Waals surface area contributed by atoms with Gasteiger partial charge in [-0.2, -0.15) is 0 Å². The minimum atomic E-state index is 0.591. The molecular weight excluding hydrogens is 410 g/mol. The van der Waals surface area contributed by atoms with Crippen molar-refractivity contribution in [2.75, 3.05) is 0 Å². The van der Waals surface area contributed by atoms with Gasteiger partial charge in [-0.15, -0.1) is 0 Å². The Morgan fingerprint density at radius 2 is 1.50 bits per heavy atom. The summed E-state index contributed by atoms with van der Waals surface area (Å²) in [6.45, 7) is 7.15. The largest absolute Gasteiger partial charge is 0.257 e. The molecule has 1 nitrogen and oxygen atoms in total. The van der Waals surface area contributed by atoms with Gasteiger partial charge in [0, 0.05) is 17.3 Å². The van der Waals surface area contributed by atoms with E-state index in [0.29, 0.717) is 23.2 Å². The molecule has 34 heavy (non-hydrogen) atoms. The quantitative estimate of drug-likeness (QED) is 0.437. The first kappa shape index (κ1) is 22.8.